The van der Waals surface area contributed by atoms with E-state index in [1.807, 2.05) is 20.8 Å². The summed E-state index contributed by atoms with van der Waals surface area (Å²) in [5, 5.41) is 0.178. The zero-order valence-electron chi connectivity index (χ0n) is 6.55. The first-order chi connectivity index (χ1) is 4.00. The molecule has 0 aromatic heterocycles. The van der Waals surface area contributed by atoms with Crippen molar-refractivity contribution >= 4 is 9.73 Å². The number of hydrogen-bond donors (Lipinski definition) is 0. The average molecular weight is 149 g/mol. The molecule has 0 saturated heterocycles. The van der Waals surface area contributed by atoms with Crippen molar-refractivity contribution in [1.29, 1.82) is 0 Å². The van der Waals surface area contributed by atoms with Crippen molar-refractivity contribution in [2.75, 3.05) is 12.8 Å². The molecular weight excluding hydrogens is 134 g/mol. The van der Waals surface area contributed by atoms with Gasteiger partial charge in [0.05, 0.1) is 0 Å². The molecule has 2 nitrogen and oxygen atoms in total. The fourth-order valence-electron chi connectivity index (χ4n) is 0.405. The van der Waals surface area contributed by atoms with Crippen molar-refractivity contribution in [3.05, 3.63) is 0 Å². The van der Waals surface area contributed by atoms with Crippen LogP contribution in [0, 0.1) is 0 Å². The van der Waals surface area contributed by atoms with Gasteiger partial charge in [-0.1, -0.05) is 13.8 Å². The Morgan fingerprint density at radius 3 is 2.11 bits per heavy atom. The van der Waals surface area contributed by atoms with Crippen molar-refractivity contribution in [2.45, 2.75) is 26.0 Å². The van der Waals surface area contributed by atoms with Crippen LogP contribution in [0.3, 0.4) is 0 Å². The SMILES string of the molecule is CCN=[S@](C)(=O)C(C)C. The average Bonchev–Trinajstić information content (AvgIpc) is 1.65. The van der Waals surface area contributed by atoms with Gasteiger partial charge in [0.2, 0.25) is 0 Å². The van der Waals surface area contributed by atoms with E-state index in [-0.39, 0.29) is 5.25 Å². The second kappa shape index (κ2) is 3.20. The maximum absolute atomic E-state index is 11.3. The summed E-state index contributed by atoms with van der Waals surface area (Å²) in [6, 6.07) is 0. The van der Waals surface area contributed by atoms with Gasteiger partial charge < -0.3 is 0 Å². The highest BCUT2D eigenvalue weighted by Crippen LogP contribution is 1.99. The molecule has 0 saturated carbocycles. The largest absolute Gasteiger partial charge is 0.250 e. The Morgan fingerprint density at radius 2 is 2.00 bits per heavy atom. The van der Waals surface area contributed by atoms with Gasteiger partial charge in [-0.25, -0.2) is 8.57 Å². The van der Waals surface area contributed by atoms with Crippen LogP contribution < -0.4 is 0 Å². The molecule has 9 heavy (non-hydrogen) atoms. The molecule has 0 fully saturated rings. The molecule has 0 aliphatic carbocycles. The fourth-order valence-corrected chi connectivity index (χ4v) is 1.22. The van der Waals surface area contributed by atoms with E-state index in [2.05, 4.69) is 4.36 Å². The summed E-state index contributed by atoms with van der Waals surface area (Å²) in [5.74, 6) is 0. The lowest BCUT2D eigenvalue weighted by Gasteiger charge is -2.05. The molecule has 0 radical (unpaired) electrons. The Balaban J connectivity index is 4.39. The quantitative estimate of drug-likeness (QED) is 0.585. The van der Waals surface area contributed by atoms with Gasteiger partial charge in [0, 0.05) is 27.8 Å². The van der Waals surface area contributed by atoms with Crippen LogP contribution >= 0.6 is 0 Å². The van der Waals surface area contributed by atoms with Crippen LogP contribution in [-0.2, 0) is 9.73 Å². The lowest BCUT2D eigenvalue weighted by Crippen LogP contribution is -2.11. The van der Waals surface area contributed by atoms with Gasteiger partial charge in [-0.2, -0.15) is 0 Å². The van der Waals surface area contributed by atoms with Crippen LogP contribution in [-0.4, -0.2) is 22.3 Å². The summed E-state index contributed by atoms with van der Waals surface area (Å²) in [6.45, 7) is 6.43. The van der Waals surface area contributed by atoms with Gasteiger partial charge in [0.1, 0.15) is 0 Å². The second-order valence-corrected chi connectivity index (χ2v) is 5.28. The summed E-state index contributed by atoms with van der Waals surface area (Å²) < 4.78 is 15.3. The van der Waals surface area contributed by atoms with E-state index in [4.69, 9.17) is 0 Å². The maximum Gasteiger partial charge on any atom is 0.0462 e. The third kappa shape index (κ3) is 2.84. The molecule has 0 rings (SSSR count). The zero-order valence-corrected chi connectivity index (χ0v) is 7.36. The molecule has 0 unspecified atom stereocenters. The van der Waals surface area contributed by atoms with Crippen molar-refractivity contribution < 1.29 is 4.21 Å². The molecular formula is C6H15NOS. The van der Waals surface area contributed by atoms with Gasteiger partial charge in [-0.3, -0.25) is 0 Å². The van der Waals surface area contributed by atoms with Crippen molar-refractivity contribution in [3.63, 3.8) is 0 Å². The van der Waals surface area contributed by atoms with Crippen molar-refractivity contribution in [3.8, 4) is 0 Å². The van der Waals surface area contributed by atoms with Crippen LogP contribution in [0.1, 0.15) is 20.8 Å². The van der Waals surface area contributed by atoms with Crippen molar-refractivity contribution in [1.82, 2.24) is 0 Å². The third-order valence-electron chi connectivity index (χ3n) is 1.26. The molecule has 0 bridgehead atoms. The normalized spacial score (nSPS) is 17.4. The first-order valence-electron chi connectivity index (χ1n) is 3.17. The highest BCUT2D eigenvalue weighted by molar-refractivity contribution is 7.93. The fraction of sp³-hybridized carbons (Fsp3) is 1.00. The van der Waals surface area contributed by atoms with Gasteiger partial charge in [-0.15, -0.1) is 0 Å². The summed E-state index contributed by atoms with van der Waals surface area (Å²) >= 11 is 0. The van der Waals surface area contributed by atoms with Crippen LogP contribution in [0.25, 0.3) is 0 Å². The minimum atomic E-state index is -1.87. The molecule has 3 heteroatoms. The van der Waals surface area contributed by atoms with E-state index in [9.17, 15) is 4.21 Å². The van der Waals surface area contributed by atoms with E-state index < -0.39 is 9.73 Å². The molecule has 0 aromatic rings. The molecule has 0 amide bonds. The summed E-state index contributed by atoms with van der Waals surface area (Å²) in [6.07, 6.45) is 1.71. The first-order valence-corrected chi connectivity index (χ1v) is 5.16. The molecule has 0 aromatic carbocycles. The highest BCUT2D eigenvalue weighted by atomic mass is 32.2. The summed E-state index contributed by atoms with van der Waals surface area (Å²) in [7, 11) is -1.87. The second-order valence-electron chi connectivity index (χ2n) is 2.36. The topological polar surface area (TPSA) is 29.4 Å². The summed E-state index contributed by atoms with van der Waals surface area (Å²) in [4.78, 5) is 0. The predicted octanol–water partition coefficient (Wildman–Crippen LogP) is 1.51. The molecule has 56 valence electrons. The number of hydrogen-bond acceptors (Lipinski definition) is 2. The van der Waals surface area contributed by atoms with E-state index in [1.165, 1.54) is 0 Å². The Labute approximate surface area is 57.8 Å². The smallest absolute Gasteiger partial charge is 0.0462 e. The van der Waals surface area contributed by atoms with E-state index in [0.717, 1.165) is 0 Å². The minimum Gasteiger partial charge on any atom is -0.250 e. The standard InChI is InChI=1S/C6H15NOS/c1-5-7-9(4,8)6(2)3/h6H,5H2,1-4H3/t9-/m1/s1. The Bertz CT molecular complexity index is 177. The van der Waals surface area contributed by atoms with Gasteiger partial charge in [0.15, 0.2) is 0 Å². The molecule has 0 aliphatic rings. The van der Waals surface area contributed by atoms with Crippen molar-refractivity contribution in [2.24, 2.45) is 4.36 Å². The van der Waals surface area contributed by atoms with Gasteiger partial charge in [-0.05, 0) is 6.92 Å². The Hall–Kier alpha value is -0.0500. The highest BCUT2D eigenvalue weighted by Gasteiger charge is 2.04. The van der Waals surface area contributed by atoms with Gasteiger partial charge >= 0.3 is 0 Å². The molecule has 0 N–H and O–H groups in total. The molecule has 0 spiro atoms. The first kappa shape index (κ1) is 8.95. The zero-order chi connectivity index (χ0) is 7.49. The third-order valence-corrected chi connectivity index (χ3v) is 3.78. The van der Waals surface area contributed by atoms with Crippen LogP contribution in [0.4, 0.5) is 0 Å². The van der Waals surface area contributed by atoms with Gasteiger partial charge in [0.25, 0.3) is 0 Å². The molecule has 1 atom stereocenters. The Kier molecular flexibility index (Phi) is 3.18. The molecule has 0 heterocycles. The lowest BCUT2D eigenvalue weighted by atomic mass is 10.6. The van der Waals surface area contributed by atoms with Crippen LogP contribution in [0.2, 0.25) is 0 Å². The predicted molar refractivity (Wildman–Crippen MR) is 42.2 cm³/mol. The molecule has 0 aliphatic heterocycles. The van der Waals surface area contributed by atoms with E-state index in [0.29, 0.717) is 6.54 Å². The monoisotopic (exact) mass is 149 g/mol. The van der Waals surface area contributed by atoms with Crippen LogP contribution in [0.5, 0.6) is 0 Å². The van der Waals surface area contributed by atoms with E-state index >= 15 is 0 Å². The Morgan fingerprint density at radius 1 is 1.56 bits per heavy atom. The summed E-state index contributed by atoms with van der Waals surface area (Å²) in [5.41, 5.74) is 0. The van der Waals surface area contributed by atoms with Crippen LogP contribution in [0.15, 0.2) is 4.36 Å². The van der Waals surface area contributed by atoms with E-state index in [1.54, 1.807) is 6.26 Å². The maximum atomic E-state index is 11.3. The number of nitrogens with zero attached hydrogens (tertiary/aromatic N) is 1. The lowest BCUT2D eigenvalue weighted by molar-refractivity contribution is 0.672. The number of rotatable bonds is 2. The minimum absolute atomic E-state index is 0.178.